The average molecular weight is 250 g/mol. The van der Waals surface area contributed by atoms with E-state index in [4.69, 9.17) is 0 Å². The maximum atomic E-state index is 12.5. The van der Waals surface area contributed by atoms with E-state index in [9.17, 15) is 9.59 Å². The van der Waals surface area contributed by atoms with E-state index < -0.39 is 5.54 Å². The summed E-state index contributed by atoms with van der Waals surface area (Å²) >= 11 is 0. The molecule has 1 saturated heterocycles. The van der Waals surface area contributed by atoms with Gasteiger partial charge in [-0.05, 0) is 31.6 Å². The third-order valence-corrected chi connectivity index (χ3v) is 4.33. The zero-order valence-corrected chi connectivity index (χ0v) is 11.2. The van der Waals surface area contributed by atoms with Gasteiger partial charge < -0.3 is 10.2 Å². The van der Waals surface area contributed by atoms with Gasteiger partial charge in [0.1, 0.15) is 11.6 Å². The Morgan fingerprint density at radius 3 is 2.44 bits per heavy atom. The Hall–Kier alpha value is -1.32. The molecule has 4 heteroatoms. The summed E-state index contributed by atoms with van der Waals surface area (Å²) in [5.74, 6) is 0.423. The van der Waals surface area contributed by atoms with Crippen molar-refractivity contribution in [2.45, 2.75) is 51.1 Å². The van der Waals surface area contributed by atoms with E-state index in [0.29, 0.717) is 25.3 Å². The van der Waals surface area contributed by atoms with Crippen LogP contribution in [0.2, 0.25) is 0 Å². The Balaban J connectivity index is 2.32. The summed E-state index contributed by atoms with van der Waals surface area (Å²) in [7, 11) is 0. The first-order valence-corrected chi connectivity index (χ1v) is 6.84. The first kappa shape index (κ1) is 13.1. The van der Waals surface area contributed by atoms with E-state index in [1.54, 1.807) is 11.0 Å². The summed E-state index contributed by atoms with van der Waals surface area (Å²) in [6, 6.07) is -0.302. The Morgan fingerprint density at radius 1 is 1.39 bits per heavy atom. The fraction of sp³-hybridized carbons (Fsp3) is 0.714. The summed E-state index contributed by atoms with van der Waals surface area (Å²) < 4.78 is 0. The van der Waals surface area contributed by atoms with Crippen molar-refractivity contribution in [3.8, 4) is 0 Å². The fourth-order valence-corrected chi connectivity index (χ4v) is 2.93. The minimum absolute atomic E-state index is 0.00542. The van der Waals surface area contributed by atoms with Crippen molar-refractivity contribution >= 4 is 11.8 Å². The fourth-order valence-electron chi connectivity index (χ4n) is 2.93. The number of amides is 2. The van der Waals surface area contributed by atoms with Crippen molar-refractivity contribution in [2.24, 2.45) is 5.92 Å². The topological polar surface area (TPSA) is 49.4 Å². The molecule has 2 aliphatic rings. The number of carbonyl (C=O) groups excluding carboxylic acids is 2. The quantitative estimate of drug-likeness (QED) is 0.751. The maximum absolute atomic E-state index is 12.5. The van der Waals surface area contributed by atoms with Crippen molar-refractivity contribution in [2.75, 3.05) is 6.54 Å². The van der Waals surface area contributed by atoms with Gasteiger partial charge in [-0.3, -0.25) is 9.59 Å². The highest BCUT2D eigenvalue weighted by molar-refractivity contribution is 6.00. The van der Waals surface area contributed by atoms with Gasteiger partial charge in [0, 0.05) is 6.54 Å². The van der Waals surface area contributed by atoms with Crippen LogP contribution in [0.1, 0.15) is 39.5 Å². The molecule has 1 N–H and O–H groups in total. The average Bonchev–Trinajstić information content (AvgIpc) is 3.19. The van der Waals surface area contributed by atoms with Crippen LogP contribution in [0.25, 0.3) is 0 Å². The van der Waals surface area contributed by atoms with Crippen molar-refractivity contribution in [3.05, 3.63) is 12.7 Å². The Kier molecular flexibility index (Phi) is 3.46. The first-order chi connectivity index (χ1) is 8.60. The van der Waals surface area contributed by atoms with Crippen LogP contribution in [0.3, 0.4) is 0 Å². The monoisotopic (exact) mass is 250 g/mol. The molecule has 0 radical (unpaired) electrons. The molecule has 1 atom stereocenters. The largest absolute Gasteiger partial charge is 0.342 e. The van der Waals surface area contributed by atoms with Gasteiger partial charge in [-0.15, -0.1) is 6.58 Å². The molecular weight excluding hydrogens is 228 g/mol. The van der Waals surface area contributed by atoms with Gasteiger partial charge in [0.25, 0.3) is 0 Å². The van der Waals surface area contributed by atoms with E-state index >= 15 is 0 Å². The summed E-state index contributed by atoms with van der Waals surface area (Å²) in [4.78, 5) is 26.7. The van der Waals surface area contributed by atoms with Crippen LogP contribution in [-0.2, 0) is 9.59 Å². The van der Waals surface area contributed by atoms with E-state index in [2.05, 4.69) is 11.9 Å². The van der Waals surface area contributed by atoms with Crippen molar-refractivity contribution in [1.29, 1.82) is 0 Å². The van der Waals surface area contributed by atoms with Crippen LogP contribution in [-0.4, -0.2) is 34.8 Å². The maximum Gasteiger partial charge on any atom is 0.246 e. The lowest BCUT2D eigenvalue weighted by molar-refractivity contribution is -0.158. The molecule has 1 aliphatic heterocycles. The molecule has 0 aromatic heterocycles. The molecule has 1 aliphatic carbocycles. The predicted molar refractivity (Wildman–Crippen MR) is 69.9 cm³/mol. The van der Waals surface area contributed by atoms with Gasteiger partial charge in [-0.2, -0.15) is 0 Å². The molecule has 2 amide bonds. The molecule has 1 unspecified atom stereocenters. The third-order valence-electron chi connectivity index (χ3n) is 4.33. The van der Waals surface area contributed by atoms with E-state index in [1.807, 2.05) is 13.8 Å². The van der Waals surface area contributed by atoms with Crippen molar-refractivity contribution in [3.63, 3.8) is 0 Å². The Morgan fingerprint density at radius 2 is 2.00 bits per heavy atom. The van der Waals surface area contributed by atoms with Gasteiger partial charge >= 0.3 is 0 Å². The highest BCUT2D eigenvalue weighted by atomic mass is 16.2. The molecule has 4 nitrogen and oxygen atoms in total. The van der Waals surface area contributed by atoms with Gasteiger partial charge in [0.15, 0.2) is 0 Å². The minimum Gasteiger partial charge on any atom is -0.342 e. The normalized spacial score (nSPS) is 27.0. The summed E-state index contributed by atoms with van der Waals surface area (Å²) in [5.41, 5.74) is -0.684. The molecule has 0 spiro atoms. The second-order valence-corrected chi connectivity index (χ2v) is 5.26. The lowest BCUT2D eigenvalue weighted by atomic mass is 9.85. The molecule has 0 aromatic rings. The van der Waals surface area contributed by atoms with Crippen LogP contribution < -0.4 is 5.32 Å². The van der Waals surface area contributed by atoms with Crippen LogP contribution in [0.15, 0.2) is 12.7 Å². The van der Waals surface area contributed by atoms with E-state index in [0.717, 1.165) is 12.8 Å². The smallest absolute Gasteiger partial charge is 0.246 e. The van der Waals surface area contributed by atoms with E-state index in [1.165, 1.54) is 0 Å². The molecule has 1 heterocycles. The van der Waals surface area contributed by atoms with Gasteiger partial charge in [-0.1, -0.05) is 19.9 Å². The SMILES string of the molecule is C=CCN1C(=O)C(C2CC2)NC(=O)C1(CC)CC. The highest BCUT2D eigenvalue weighted by Crippen LogP contribution is 2.38. The number of nitrogens with one attached hydrogen (secondary N) is 1. The number of piperazine rings is 1. The van der Waals surface area contributed by atoms with Crippen LogP contribution in [0, 0.1) is 5.92 Å². The number of carbonyl (C=O) groups is 2. The lowest BCUT2D eigenvalue weighted by Gasteiger charge is -2.47. The highest BCUT2D eigenvalue weighted by Gasteiger charge is 2.53. The Bertz CT molecular complexity index is 370. The van der Waals surface area contributed by atoms with Crippen LogP contribution >= 0.6 is 0 Å². The summed E-state index contributed by atoms with van der Waals surface area (Å²) in [5, 5.41) is 2.94. The molecule has 18 heavy (non-hydrogen) atoms. The summed E-state index contributed by atoms with van der Waals surface area (Å²) in [6.07, 6.45) is 5.09. The number of rotatable bonds is 5. The van der Waals surface area contributed by atoms with Gasteiger partial charge in [0.2, 0.25) is 11.8 Å². The number of nitrogens with zero attached hydrogens (tertiary/aromatic N) is 1. The molecule has 100 valence electrons. The van der Waals surface area contributed by atoms with Crippen molar-refractivity contribution in [1.82, 2.24) is 10.2 Å². The number of hydrogen-bond donors (Lipinski definition) is 1. The zero-order chi connectivity index (χ0) is 13.3. The zero-order valence-electron chi connectivity index (χ0n) is 11.2. The Labute approximate surface area is 108 Å². The van der Waals surface area contributed by atoms with Crippen LogP contribution in [0.4, 0.5) is 0 Å². The summed E-state index contributed by atoms with van der Waals surface area (Å²) in [6.45, 7) is 8.09. The van der Waals surface area contributed by atoms with Crippen LogP contribution in [0.5, 0.6) is 0 Å². The molecule has 0 bridgehead atoms. The minimum atomic E-state index is -0.684. The van der Waals surface area contributed by atoms with Gasteiger partial charge in [0.05, 0.1) is 0 Å². The van der Waals surface area contributed by atoms with Crippen molar-refractivity contribution < 1.29 is 9.59 Å². The third kappa shape index (κ3) is 1.84. The molecule has 2 fully saturated rings. The lowest BCUT2D eigenvalue weighted by Crippen LogP contribution is -2.70. The standard InChI is InChI=1S/C14H22N2O2/c1-4-9-16-12(17)11(10-7-8-10)15-13(18)14(16,5-2)6-3/h4,10-11H,1,5-9H2,2-3H3,(H,15,18). The second kappa shape index (κ2) is 4.75. The molecule has 1 saturated carbocycles. The van der Waals surface area contributed by atoms with E-state index in [-0.39, 0.29) is 17.9 Å². The molecule has 0 aromatic carbocycles. The van der Waals surface area contributed by atoms with Gasteiger partial charge in [-0.25, -0.2) is 0 Å². The number of hydrogen-bond acceptors (Lipinski definition) is 2. The molecule has 2 rings (SSSR count). The molecular formula is C14H22N2O2. The predicted octanol–water partition coefficient (Wildman–Crippen LogP) is 1.47. The second-order valence-electron chi connectivity index (χ2n) is 5.26. The first-order valence-electron chi connectivity index (χ1n) is 6.84.